The Kier molecular flexibility index (Phi) is 3.78. The van der Waals surface area contributed by atoms with Gasteiger partial charge in [0.15, 0.2) is 0 Å². The Bertz CT molecular complexity index is 535. The molecule has 0 aliphatic heterocycles. The lowest BCUT2D eigenvalue weighted by Gasteiger charge is -2.06. The van der Waals surface area contributed by atoms with Crippen molar-refractivity contribution < 1.29 is 4.79 Å². The Morgan fingerprint density at radius 2 is 2.11 bits per heavy atom. The van der Waals surface area contributed by atoms with Gasteiger partial charge in [-0.05, 0) is 31.2 Å². The number of carbonyl (C=O) groups is 1. The Labute approximate surface area is 109 Å². The van der Waals surface area contributed by atoms with E-state index in [1.807, 2.05) is 6.92 Å². The maximum absolute atomic E-state index is 11.6. The third kappa shape index (κ3) is 3.46. The monoisotopic (exact) mass is 262 g/mol. The number of hydrogen-bond acceptors (Lipinski definition) is 4. The number of rotatable bonds is 3. The van der Waals surface area contributed by atoms with E-state index in [0.717, 1.165) is 9.88 Å². The van der Waals surface area contributed by atoms with Crippen LogP contribution in [0.5, 0.6) is 0 Å². The number of aryl methyl sites for hydroxylation is 1. The molecule has 1 heterocycles. The first kappa shape index (κ1) is 12.4. The number of hydrogen-bond donors (Lipinski definition) is 3. The highest BCUT2D eigenvalue weighted by Gasteiger charge is 2.03. The number of nitrogens with zero attached hydrogens (tertiary/aromatic N) is 1. The SMILES string of the molecule is Cc1cnc(CNC(=O)Nc2ccc(N)cc2)s1. The van der Waals surface area contributed by atoms with Gasteiger partial charge in [0.2, 0.25) is 0 Å². The number of urea groups is 1. The van der Waals surface area contributed by atoms with Gasteiger partial charge in [0.25, 0.3) is 0 Å². The first-order valence-corrected chi connectivity index (χ1v) is 6.27. The van der Waals surface area contributed by atoms with Gasteiger partial charge in [0.05, 0.1) is 6.54 Å². The summed E-state index contributed by atoms with van der Waals surface area (Å²) < 4.78 is 0. The molecule has 5 nitrogen and oxygen atoms in total. The molecule has 0 radical (unpaired) electrons. The van der Waals surface area contributed by atoms with Crippen molar-refractivity contribution in [3.63, 3.8) is 0 Å². The van der Waals surface area contributed by atoms with Crippen LogP contribution in [-0.4, -0.2) is 11.0 Å². The normalized spacial score (nSPS) is 10.1. The van der Waals surface area contributed by atoms with Gasteiger partial charge in [0, 0.05) is 22.4 Å². The minimum atomic E-state index is -0.257. The van der Waals surface area contributed by atoms with E-state index in [1.165, 1.54) is 0 Å². The molecule has 0 saturated heterocycles. The molecule has 4 N–H and O–H groups in total. The Hall–Kier alpha value is -2.08. The number of aromatic nitrogens is 1. The standard InChI is InChI=1S/C12H14N4OS/c1-8-6-14-11(18-8)7-15-12(17)16-10-4-2-9(13)3-5-10/h2-6H,7,13H2,1H3,(H2,15,16,17). The van der Waals surface area contributed by atoms with Gasteiger partial charge in [-0.1, -0.05) is 0 Å². The summed E-state index contributed by atoms with van der Waals surface area (Å²) in [4.78, 5) is 16.9. The Balaban J connectivity index is 1.83. The second kappa shape index (κ2) is 5.50. The van der Waals surface area contributed by atoms with Crippen LogP contribution >= 0.6 is 11.3 Å². The van der Waals surface area contributed by atoms with E-state index in [-0.39, 0.29) is 6.03 Å². The summed E-state index contributed by atoms with van der Waals surface area (Å²) >= 11 is 1.57. The number of nitrogens with two attached hydrogens (primary N) is 1. The molecule has 0 saturated carbocycles. The molecule has 0 bridgehead atoms. The van der Waals surface area contributed by atoms with E-state index in [4.69, 9.17) is 5.73 Å². The molecule has 0 atom stereocenters. The fraction of sp³-hybridized carbons (Fsp3) is 0.167. The lowest BCUT2D eigenvalue weighted by Crippen LogP contribution is -2.28. The molecular formula is C12H14N4OS. The maximum atomic E-state index is 11.6. The predicted molar refractivity (Wildman–Crippen MR) is 73.6 cm³/mol. The topological polar surface area (TPSA) is 80.0 Å². The van der Waals surface area contributed by atoms with Crippen molar-refractivity contribution in [2.24, 2.45) is 0 Å². The van der Waals surface area contributed by atoms with E-state index >= 15 is 0 Å². The van der Waals surface area contributed by atoms with Crippen molar-refractivity contribution in [1.82, 2.24) is 10.3 Å². The second-order valence-electron chi connectivity index (χ2n) is 3.79. The van der Waals surface area contributed by atoms with Gasteiger partial charge in [-0.3, -0.25) is 0 Å². The molecule has 2 amide bonds. The summed E-state index contributed by atoms with van der Waals surface area (Å²) in [7, 11) is 0. The average molecular weight is 262 g/mol. The molecule has 94 valence electrons. The van der Waals surface area contributed by atoms with Crippen LogP contribution < -0.4 is 16.4 Å². The van der Waals surface area contributed by atoms with E-state index in [9.17, 15) is 4.79 Å². The van der Waals surface area contributed by atoms with E-state index < -0.39 is 0 Å². The van der Waals surface area contributed by atoms with Crippen LogP contribution in [0.2, 0.25) is 0 Å². The number of carbonyl (C=O) groups excluding carboxylic acids is 1. The molecule has 6 heteroatoms. The third-order valence-corrected chi connectivity index (χ3v) is 3.15. The molecule has 0 fully saturated rings. The van der Waals surface area contributed by atoms with Crippen molar-refractivity contribution in [3.05, 3.63) is 40.3 Å². The first-order valence-electron chi connectivity index (χ1n) is 5.45. The largest absolute Gasteiger partial charge is 0.399 e. The minimum Gasteiger partial charge on any atom is -0.399 e. The zero-order chi connectivity index (χ0) is 13.0. The van der Waals surface area contributed by atoms with E-state index in [2.05, 4.69) is 15.6 Å². The zero-order valence-electron chi connectivity index (χ0n) is 9.93. The summed E-state index contributed by atoms with van der Waals surface area (Å²) in [5.74, 6) is 0. The quantitative estimate of drug-likeness (QED) is 0.743. The van der Waals surface area contributed by atoms with Crippen molar-refractivity contribution >= 4 is 28.7 Å². The highest BCUT2D eigenvalue weighted by Crippen LogP contribution is 2.12. The highest BCUT2D eigenvalue weighted by molar-refractivity contribution is 7.11. The highest BCUT2D eigenvalue weighted by atomic mass is 32.1. The molecule has 0 unspecified atom stereocenters. The van der Waals surface area contributed by atoms with Crippen LogP contribution in [0.15, 0.2) is 30.5 Å². The van der Waals surface area contributed by atoms with Crippen LogP contribution in [0.1, 0.15) is 9.88 Å². The molecule has 0 aliphatic rings. The van der Waals surface area contributed by atoms with Gasteiger partial charge in [0.1, 0.15) is 5.01 Å². The fourth-order valence-corrected chi connectivity index (χ4v) is 2.11. The van der Waals surface area contributed by atoms with Crippen LogP contribution in [0.4, 0.5) is 16.2 Å². The summed E-state index contributed by atoms with van der Waals surface area (Å²) in [6.07, 6.45) is 1.79. The summed E-state index contributed by atoms with van der Waals surface area (Å²) in [5, 5.41) is 6.35. The van der Waals surface area contributed by atoms with Gasteiger partial charge in [-0.15, -0.1) is 11.3 Å². The van der Waals surface area contributed by atoms with E-state index in [1.54, 1.807) is 41.8 Å². The lowest BCUT2D eigenvalue weighted by atomic mass is 10.3. The third-order valence-electron chi connectivity index (χ3n) is 2.24. The Morgan fingerprint density at radius 1 is 1.39 bits per heavy atom. The van der Waals surface area contributed by atoms with Gasteiger partial charge in [-0.2, -0.15) is 0 Å². The molecule has 1 aromatic carbocycles. The van der Waals surface area contributed by atoms with Crippen LogP contribution in [-0.2, 0) is 6.54 Å². The van der Waals surface area contributed by atoms with E-state index in [0.29, 0.717) is 17.9 Å². The van der Waals surface area contributed by atoms with Gasteiger partial charge >= 0.3 is 6.03 Å². The maximum Gasteiger partial charge on any atom is 0.319 e. The number of amides is 2. The number of anilines is 2. The van der Waals surface area contributed by atoms with Crippen molar-refractivity contribution in [3.8, 4) is 0 Å². The number of benzene rings is 1. The predicted octanol–water partition coefficient (Wildman–Crippen LogP) is 2.36. The van der Waals surface area contributed by atoms with Gasteiger partial charge < -0.3 is 16.4 Å². The molecular weight excluding hydrogens is 248 g/mol. The minimum absolute atomic E-state index is 0.257. The fourth-order valence-electron chi connectivity index (χ4n) is 1.38. The molecule has 0 spiro atoms. The van der Waals surface area contributed by atoms with Crippen LogP contribution in [0.3, 0.4) is 0 Å². The molecule has 18 heavy (non-hydrogen) atoms. The number of nitrogens with one attached hydrogen (secondary N) is 2. The summed E-state index contributed by atoms with van der Waals surface area (Å²) in [5.41, 5.74) is 6.93. The van der Waals surface area contributed by atoms with Crippen molar-refractivity contribution in [1.29, 1.82) is 0 Å². The first-order chi connectivity index (χ1) is 8.63. The second-order valence-corrected chi connectivity index (χ2v) is 5.11. The molecule has 0 aliphatic carbocycles. The van der Waals surface area contributed by atoms with Crippen molar-refractivity contribution in [2.75, 3.05) is 11.1 Å². The molecule has 2 aromatic rings. The number of thiazole rings is 1. The molecule has 2 rings (SSSR count). The number of nitrogen functional groups attached to an aromatic ring is 1. The summed E-state index contributed by atoms with van der Waals surface area (Å²) in [6.45, 7) is 2.41. The zero-order valence-corrected chi connectivity index (χ0v) is 10.8. The lowest BCUT2D eigenvalue weighted by molar-refractivity contribution is 0.251. The van der Waals surface area contributed by atoms with Gasteiger partial charge in [-0.25, -0.2) is 9.78 Å². The van der Waals surface area contributed by atoms with Crippen LogP contribution in [0.25, 0.3) is 0 Å². The summed E-state index contributed by atoms with van der Waals surface area (Å²) in [6, 6.07) is 6.72. The Morgan fingerprint density at radius 3 is 2.72 bits per heavy atom. The van der Waals surface area contributed by atoms with Crippen molar-refractivity contribution in [2.45, 2.75) is 13.5 Å². The molecule has 1 aromatic heterocycles. The average Bonchev–Trinajstić information content (AvgIpc) is 2.76. The smallest absolute Gasteiger partial charge is 0.319 e. The van der Waals surface area contributed by atoms with Crippen LogP contribution in [0, 0.1) is 6.92 Å².